The van der Waals surface area contributed by atoms with Crippen LogP contribution in [0.3, 0.4) is 0 Å². The molecular weight excluding hydrogens is 300 g/mol. The highest BCUT2D eigenvalue weighted by molar-refractivity contribution is 5.94. The molecule has 0 radical (unpaired) electrons. The summed E-state index contributed by atoms with van der Waals surface area (Å²) >= 11 is 0. The third-order valence-corrected chi connectivity index (χ3v) is 3.98. The third kappa shape index (κ3) is 4.95. The molecule has 2 amide bonds. The van der Waals surface area contributed by atoms with Crippen LogP contribution >= 0.6 is 0 Å². The standard InChI is InChI=1S/C20H24N2O2/c1-3-16-10-7-8-13-18(16)21-19(23)14-9-15-20(24)22(2)17-11-5-4-6-12-17/h4-8,10-13H,3,9,14-15H2,1-2H3,(H,21,23). The lowest BCUT2D eigenvalue weighted by molar-refractivity contribution is -0.118. The van der Waals surface area contributed by atoms with Crippen LogP contribution in [0.5, 0.6) is 0 Å². The molecule has 2 aromatic carbocycles. The fourth-order valence-electron chi connectivity index (χ4n) is 2.53. The summed E-state index contributed by atoms with van der Waals surface area (Å²) in [5, 5.41) is 2.93. The molecule has 2 rings (SSSR count). The quantitative estimate of drug-likeness (QED) is 0.836. The number of amides is 2. The molecule has 0 aliphatic heterocycles. The van der Waals surface area contributed by atoms with Gasteiger partial charge in [-0.3, -0.25) is 9.59 Å². The topological polar surface area (TPSA) is 49.4 Å². The van der Waals surface area contributed by atoms with E-state index in [0.29, 0.717) is 19.3 Å². The minimum atomic E-state index is -0.0499. The second-order valence-corrected chi connectivity index (χ2v) is 5.70. The van der Waals surface area contributed by atoms with Gasteiger partial charge in [0.05, 0.1) is 0 Å². The number of carbonyl (C=O) groups excluding carboxylic acids is 2. The van der Waals surface area contributed by atoms with E-state index in [2.05, 4.69) is 12.2 Å². The maximum atomic E-state index is 12.2. The fraction of sp³-hybridized carbons (Fsp3) is 0.300. The Kier molecular flexibility index (Phi) is 6.55. The van der Waals surface area contributed by atoms with Crippen LogP contribution in [0.2, 0.25) is 0 Å². The van der Waals surface area contributed by atoms with E-state index in [1.54, 1.807) is 11.9 Å². The molecule has 0 aliphatic carbocycles. The zero-order chi connectivity index (χ0) is 17.4. The number of aryl methyl sites for hydroxylation is 1. The van der Waals surface area contributed by atoms with Gasteiger partial charge in [-0.15, -0.1) is 0 Å². The number of hydrogen-bond acceptors (Lipinski definition) is 2. The summed E-state index contributed by atoms with van der Waals surface area (Å²) in [7, 11) is 1.76. The molecule has 0 bridgehead atoms. The van der Waals surface area contributed by atoms with Gasteiger partial charge in [-0.25, -0.2) is 0 Å². The minimum absolute atomic E-state index is 0.0166. The zero-order valence-corrected chi connectivity index (χ0v) is 14.3. The van der Waals surface area contributed by atoms with Crippen LogP contribution in [0.4, 0.5) is 11.4 Å². The molecule has 1 N–H and O–H groups in total. The molecule has 4 nitrogen and oxygen atoms in total. The van der Waals surface area contributed by atoms with Crippen LogP contribution in [-0.2, 0) is 16.0 Å². The third-order valence-electron chi connectivity index (χ3n) is 3.98. The summed E-state index contributed by atoms with van der Waals surface area (Å²) in [4.78, 5) is 25.9. The second kappa shape index (κ2) is 8.87. The van der Waals surface area contributed by atoms with Gasteiger partial charge in [-0.1, -0.05) is 43.3 Å². The molecule has 0 atom stereocenters. The highest BCUT2D eigenvalue weighted by atomic mass is 16.2. The maximum absolute atomic E-state index is 12.2. The van der Waals surface area contributed by atoms with Crippen molar-refractivity contribution in [1.82, 2.24) is 0 Å². The summed E-state index contributed by atoms with van der Waals surface area (Å²) < 4.78 is 0. The average molecular weight is 324 g/mol. The van der Waals surface area contributed by atoms with Gasteiger partial charge in [0.2, 0.25) is 11.8 Å². The van der Waals surface area contributed by atoms with E-state index < -0.39 is 0 Å². The van der Waals surface area contributed by atoms with Gasteiger partial charge in [0.15, 0.2) is 0 Å². The molecule has 0 saturated heterocycles. The van der Waals surface area contributed by atoms with Crippen molar-refractivity contribution < 1.29 is 9.59 Å². The predicted molar refractivity (Wildman–Crippen MR) is 98.2 cm³/mol. The van der Waals surface area contributed by atoms with Crippen molar-refractivity contribution in [2.75, 3.05) is 17.3 Å². The van der Waals surface area contributed by atoms with Crippen molar-refractivity contribution in [3.8, 4) is 0 Å². The fourth-order valence-corrected chi connectivity index (χ4v) is 2.53. The van der Waals surface area contributed by atoms with E-state index in [0.717, 1.165) is 23.4 Å². The molecule has 0 fully saturated rings. The van der Waals surface area contributed by atoms with Crippen LogP contribution < -0.4 is 10.2 Å². The van der Waals surface area contributed by atoms with Crippen molar-refractivity contribution in [3.05, 3.63) is 60.2 Å². The van der Waals surface area contributed by atoms with Crippen LogP contribution in [-0.4, -0.2) is 18.9 Å². The van der Waals surface area contributed by atoms with Gasteiger partial charge in [-0.05, 0) is 36.6 Å². The molecule has 2 aromatic rings. The minimum Gasteiger partial charge on any atom is -0.326 e. The first-order valence-electron chi connectivity index (χ1n) is 8.31. The van der Waals surface area contributed by atoms with Gasteiger partial charge in [-0.2, -0.15) is 0 Å². The lowest BCUT2D eigenvalue weighted by Crippen LogP contribution is -2.26. The number of carbonyl (C=O) groups is 2. The number of hydrogen-bond donors (Lipinski definition) is 1. The molecule has 0 heterocycles. The summed E-state index contributed by atoms with van der Waals surface area (Å²) in [5.74, 6) is -0.0333. The Morgan fingerprint density at radius 2 is 1.62 bits per heavy atom. The largest absolute Gasteiger partial charge is 0.326 e. The average Bonchev–Trinajstić information content (AvgIpc) is 2.62. The van der Waals surface area contributed by atoms with E-state index in [9.17, 15) is 9.59 Å². The molecule has 0 unspecified atom stereocenters. The van der Waals surface area contributed by atoms with Crippen molar-refractivity contribution in [2.24, 2.45) is 0 Å². The Labute approximate surface area is 143 Å². The van der Waals surface area contributed by atoms with Crippen LogP contribution in [0.1, 0.15) is 31.7 Å². The van der Waals surface area contributed by atoms with Gasteiger partial charge >= 0.3 is 0 Å². The first kappa shape index (κ1) is 17.7. The summed E-state index contributed by atoms with van der Waals surface area (Å²) in [6.45, 7) is 2.06. The Bertz CT molecular complexity index is 683. The van der Waals surface area contributed by atoms with Crippen LogP contribution in [0, 0.1) is 0 Å². The van der Waals surface area contributed by atoms with E-state index in [1.165, 1.54) is 0 Å². The molecule has 4 heteroatoms. The van der Waals surface area contributed by atoms with Gasteiger partial charge in [0, 0.05) is 31.3 Å². The van der Waals surface area contributed by atoms with Gasteiger partial charge in [0.25, 0.3) is 0 Å². The molecular formula is C20H24N2O2. The Morgan fingerprint density at radius 1 is 0.958 bits per heavy atom. The van der Waals surface area contributed by atoms with Crippen molar-refractivity contribution >= 4 is 23.2 Å². The normalized spacial score (nSPS) is 10.2. The molecule has 0 aromatic heterocycles. The van der Waals surface area contributed by atoms with Gasteiger partial charge < -0.3 is 10.2 Å². The van der Waals surface area contributed by atoms with E-state index in [1.807, 2.05) is 54.6 Å². The van der Waals surface area contributed by atoms with Crippen molar-refractivity contribution in [2.45, 2.75) is 32.6 Å². The Hall–Kier alpha value is -2.62. The second-order valence-electron chi connectivity index (χ2n) is 5.70. The molecule has 126 valence electrons. The monoisotopic (exact) mass is 324 g/mol. The predicted octanol–water partition coefficient (Wildman–Crippen LogP) is 4.02. The number of benzene rings is 2. The first-order chi connectivity index (χ1) is 11.6. The van der Waals surface area contributed by atoms with E-state index >= 15 is 0 Å². The number of nitrogens with zero attached hydrogens (tertiary/aromatic N) is 1. The zero-order valence-electron chi connectivity index (χ0n) is 14.3. The number of rotatable bonds is 7. The van der Waals surface area contributed by atoms with E-state index in [-0.39, 0.29) is 11.8 Å². The number of nitrogens with one attached hydrogen (secondary N) is 1. The lowest BCUT2D eigenvalue weighted by atomic mass is 10.1. The van der Waals surface area contributed by atoms with Gasteiger partial charge in [0.1, 0.15) is 0 Å². The van der Waals surface area contributed by atoms with E-state index in [4.69, 9.17) is 0 Å². The summed E-state index contributed by atoms with van der Waals surface area (Å²) in [5.41, 5.74) is 2.84. The highest BCUT2D eigenvalue weighted by Gasteiger charge is 2.12. The summed E-state index contributed by atoms with van der Waals surface area (Å²) in [6.07, 6.45) is 2.10. The highest BCUT2D eigenvalue weighted by Crippen LogP contribution is 2.16. The molecule has 0 saturated carbocycles. The maximum Gasteiger partial charge on any atom is 0.226 e. The Balaban J connectivity index is 1.79. The van der Waals surface area contributed by atoms with Crippen LogP contribution in [0.25, 0.3) is 0 Å². The lowest BCUT2D eigenvalue weighted by Gasteiger charge is -2.17. The number of para-hydroxylation sites is 2. The first-order valence-corrected chi connectivity index (χ1v) is 8.31. The molecule has 0 spiro atoms. The SMILES string of the molecule is CCc1ccccc1NC(=O)CCCC(=O)N(C)c1ccccc1. The Morgan fingerprint density at radius 3 is 2.33 bits per heavy atom. The van der Waals surface area contributed by atoms with Crippen molar-refractivity contribution in [3.63, 3.8) is 0 Å². The molecule has 24 heavy (non-hydrogen) atoms. The van der Waals surface area contributed by atoms with Crippen LogP contribution in [0.15, 0.2) is 54.6 Å². The van der Waals surface area contributed by atoms with Crippen molar-refractivity contribution in [1.29, 1.82) is 0 Å². The smallest absolute Gasteiger partial charge is 0.226 e. The molecule has 0 aliphatic rings. The summed E-state index contributed by atoms with van der Waals surface area (Å²) in [6, 6.07) is 17.3. The number of anilines is 2.